The summed E-state index contributed by atoms with van der Waals surface area (Å²) in [6, 6.07) is 7.74. The molecule has 0 aliphatic rings. The number of H-pyrrole nitrogens is 1. The van der Waals surface area contributed by atoms with Gasteiger partial charge in [-0.05, 0) is 29.9 Å². The summed E-state index contributed by atoms with van der Waals surface area (Å²) >= 11 is 5.11. The average Bonchev–Trinajstić information content (AvgIpc) is 2.72. The normalized spacial score (nSPS) is 10.7. The monoisotopic (exact) mass is 251 g/mol. The van der Waals surface area contributed by atoms with Crippen molar-refractivity contribution in [2.75, 3.05) is 7.11 Å². The van der Waals surface area contributed by atoms with E-state index in [9.17, 15) is 0 Å². The van der Waals surface area contributed by atoms with Gasteiger partial charge in [0.25, 0.3) is 0 Å². The molecule has 0 radical (unpaired) electrons. The molecule has 90 valence electrons. The van der Waals surface area contributed by atoms with Crippen LogP contribution in [0.3, 0.4) is 0 Å². The van der Waals surface area contributed by atoms with E-state index in [2.05, 4.69) is 10.2 Å². The number of benzene rings is 1. The molecule has 2 N–H and O–H groups in total. The van der Waals surface area contributed by atoms with Crippen LogP contribution >= 0.6 is 12.2 Å². The zero-order chi connectivity index (χ0) is 12.3. The summed E-state index contributed by atoms with van der Waals surface area (Å²) in [6.45, 7) is 0.414. The van der Waals surface area contributed by atoms with Crippen LogP contribution in [0.1, 0.15) is 11.4 Å². The second-order valence-electron chi connectivity index (χ2n) is 3.54. The van der Waals surface area contributed by atoms with Crippen LogP contribution in [0.15, 0.2) is 24.3 Å². The molecule has 0 aliphatic heterocycles. The minimum atomic E-state index is -0.160. The van der Waals surface area contributed by atoms with Gasteiger partial charge in [0, 0.05) is 12.8 Å². The quantitative estimate of drug-likeness (QED) is 0.810. The lowest BCUT2D eigenvalue weighted by molar-refractivity contribution is 0.185. The van der Waals surface area contributed by atoms with Crippen molar-refractivity contribution in [3.05, 3.63) is 40.4 Å². The molecule has 0 bridgehead atoms. The van der Waals surface area contributed by atoms with Crippen LogP contribution < -0.4 is 0 Å². The number of nitrogens with one attached hydrogen (secondary N) is 1. The summed E-state index contributed by atoms with van der Waals surface area (Å²) in [4.78, 5) is 0. The lowest BCUT2D eigenvalue weighted by atomic mass is 10.2. The minimum absolute atomic E-state index is 0.160. The first-order valence-electron chi connectivity index (χ1n) is 5.11. The predicted octanol–water partition coefficient (Wildman–Crippen LogP) is 1.57. The van der Waals surface area contributed by atoms with Crippen LogP contribution in [0.4, 0.5) is 0 Å². The van der Waals surface area contributed by atoms with Crippen molar-refractivity contribution in [2.24, 2.45) is 0 Å². The number of aliphatic hydroxyl groups is 1. The Morgan fingerprint density at radius 2 is 2.12 bits per heavy atom. The highest BCUT2D eigenvalue weighted by Gasteiger charge is 2.06. The molecular formula is C11H13N3O2S. The Bertz CT molecular complexity index is 545. The van der Waals surface area contributed by atoms with Gasteiger partial charge in [-0.15, -0.1) is 0 Å². The van der Waals surface area contributed by atoms with Gasteiger partial charge in [-0.1, -0.05) is 12.1 Å². The lowest BCUT2D eigenvalue weighted by Crippen LogP contribution is -2.01. The molecule has 17 heavy (non-hydrogen) atoms. The van der Waals surface area contributed by atoms with Crippen LogP contribution in [0.25, 0.3) is 5.69 Å². The number of aliphatic hydroxyl groups excluding tert-OH is 1. The van der Waals surface area contributed by atoms with Gasteiger partial charge in [-0.25, -0.2) is 0 Å². The van der Waals surface area contributed by atoms with Gasteiger partial charge in [0.2, 0.25) is 0 Å². The van der Waals surface area contributed by atoms with E-state index in [0.717, 1.165) is 11.3 Å². The standard InChI is InChI=1S/C11H13N3O2S/c1-16-7-8-2-4-9(5-3-8)14-10(6-15)12-13-11(14)17/h2-5,15H,6-7H2,1H3,(H,13,17). The Balaban J connectivity index is 2.39. The number of ether oxygens (including phenoxy) is 1. The van der Waals surface area contributed by atoms with E-state index < -0.39 is 0 Å². The first-order chi connectivity index (χ1) is 8.26. The highest BCUT2D eigenvalue weighted by molar-refractivity contribution is 7.71. The number of methoxy groups -OCH3 is 1. The van der Waals surface area contributed by atoms with Crippen molar-refractivity contribution in [3.63, 3.8) is 0 Å². The number of rotatable bonds is 4. The van der Waals surface area contributed by atoms with Gasteiger partial charge in [-0.3, -0.25) is 9.67 Å². The van der Waals surface area contributed by atoms with E-state index in [1.807, 2.05) is 24.3 Å². The average molecular weight is 251 g/mol. The topological polar surface area (TPSA) is 63.1 Å². The second-order valence-corrected chi connectivity index (χ2v) is 3.92. The van der Waals surface area contributed by atoms with Crippen molar-refractivity contribution in [1.29, 1.82) is 0 Å². The third-order valence-electron chi connectivity index (χ3n) is 2.39. The number of nitrogens with zero attached hydrogens (tertiary/aromatic N) is 2. The first-order valence-corrected chi connectivity index (χ1v) is 5.52. The van der Waals surface area contributed by atoms with Crippen molar-refractivity contribution in [1.82, 2.24) is 14.8 Å². The van der Waals surface area contributed by atoms with Gasteiger partial charge >= 0.3 is 0 Å². The van der Waals surface area contributed by atoms with Gasteiger partial charge in [0.1, 0.15) is 6.61 Å². The highest BCUT2D eigenvalue weighted by atomic mass is 32.1. The molecule has 6 heteroatoms. The molecule has 0 unspecified atom stereocenters. The summed E-state index contributed by atoms with van der Waals surface area (Å²) in [5.74, 6) is 0.495. The van der Waals surface area contributed by atoms with Crippen LogP contribution in [-0.2, 0) is 18.0 Å². The van der Waals surface area contributed by atoms with E-state index in [1.54, 1.807) is 11.7 Å². The van der Waals surface area contributed by atoms with Crippen LogP contribution in [0, 0.1) is 4.77 Å². The molecule has 0 fully saturated rings. The Morgan fingerprint density at radius 3 is 2.71 bits per heavy atom. The van der Waals surface area contributed by atoms with Gasteiger partial charge in [-0.2, -0.15) is 5.10 Å². The summed E-state index contributed by atoms with van der Waals surface area (Å²) in [5, 5.41) is 15.8. The predicted molar refractivity (Wildman–Crippen MR) is 65.4 cm³/mol. The summed E-state index contributed by atoms with van der Waals surface area (Å²) in [5.41, 5.74) is 1.95. The Morgan fingerprint density at radius 1 is 1.41 bits per heavy atom. The fraction of sp³-hybridized carbons (Fsp3) is 0.273. The molecule has 0 spiro atoms. The Labute approximate surface area is 104 Å². The number of hydrogen-bond donors (Lipinski definition) is 2. The maximum Gasteiger partial charge on any atom is 0.199 e. The zero-order valence-corrected chi connectivity index (χ0v) is 10.2. The van der Waals surface area contributed by atoms with Crippen molar-refractivity contribution < 1.29 is 9.84 Å². The van der Waals surface area contributed by atoms with E-state index in [4.69, 9.17) is 22.1 Å². The Hall–Kier alpha value is -1.50. The summed E-state index contributed by atoms with van der Waals surface area (Å²) in [7, 11) is 1.66. The van der Waals surface area contributed by atoms with Crippen LogP contribution in [0.2, 0.25) is 0 Å². The molecule has 0 saturated heterocycles. The van der Waals surface area contributed by atoms with Crippen molar-refractivity contribution in [2.45, 2.75) is 13.2 Å². The first kappa shape index (κ1) is 12.0. The SMILES string of the molecule is COCc1ccc(-n2c(CO)n[nH]c2=S)cc1. The van der Waals surface area contributed by atoms with E-state index in [-0.39, 0.29) is 6.61 Å². The largest absolute Gasteiger partial charge is 0.388 e. The third kappa shape index (κ3) is 2.44. The van der Waals surface area contributed by atoms with E-state index >= 15 is 0 Å². The molecule has 1 aromatic heterocycles. The zero-order valence-electron chi connectivity index (χ0n) is 9.38. The molecule has 0 saturated carbocycles. The maximum atomic E-state index is 9.16. The molecule has 1 heterocycles. The molecule has 0 amide bonds. The van der Waals surface area contributed by atoms with E-state index in [0.29, 0.717) is 17.2 Å². The lowest BCUT2D eigenvalue weighted by Gasteiger charge is -2.06. The van der Waals surface area contributed by atoms with E-state index in [1.165, 1.54) is 0 Å². The molecule has 0 aliphatic carbocycles. The van der Waals surface area contributed by atoms with Crippen molar-refractivity contribution >= 4 is 12.2 Å². The van der Waals surface area contributed by atoms with Gasteiger partial charge in [0.05, 0.1) is 6.61 Å². The smallest absolute Gasteiger partial charge is 0.199 e. The van der Waals surface area contributed by atoms with Crippen LogP contribution in [0.5, 0.6) is 0 Å². The van der Waals surface area contributed by atoms with Crippen molar-refractivity contribution in [3.8, 4) is 5.69 Å². The molecule has 5 nitrogen and oxygen atoms in total. The third-order valence-corrected chi connectivity index (χ3v) is 2.66. The number of hydrogen-bond acceptors (Lipinski definition) is 4. The Kier molecular flexibility index (Phi) is 3.68. The minimum Gasteiger partial charge on any atom is -0.388 e. The fourth-order valence-electron chi connectivity index (χ4n) is 1.61. The highest BCUT2D eigenvalue weighted by Crippen LogP contribution is 2.13. The number of aromatic nitrogens is 3. The molecule has 2 aromatic rings. The molecular weight excluding hydrogens is 238 g/mol. The summed E-state index contributed by atoms with van der Waals surface area (Å²) < 4.78 is 7.21. The van der Waals surface area contributed by atoms with Gasteiger partial charge in [0.15, 0.2) is 10.6 Å². The second kappa shape index (κ2) is 5.22. The molecule has 2 rings (SSSR count). The fourth-order valence-corrected chi connectivity index (χ4v) is 1.87. The number of aromatic amines is 1. The maximum absolute atomic E-state index is 9.16. The molecule has 0 atom stereocenters. The van der Waals surface area contributed by atoms with Crippen LogP contribution in [-0.4, -0.2) is 27.0 Å². The molecule has 1 aromatic carbocycles. The van der Waals surface area contributed by atoms with Gasteiger partial charge < -0.3 is 9.84 Å². The summed E-state index contributed by atoms with van der Waals surface area (Å²) in [6.07, 6.45) is 0.